The van der Waals surface area contributed by atoms with E-state index in [1.807, 2.05) is 38.1 Å². The molecule has 0 saturated carbocycles. The second-order valence-electron chi connectivity index (χ2n) is 4.88. The minimum atomic E-state index is 0.0276. The summed E-state index contributed by atoms with van der Waals surface area (Å²) in [7, 11) is 0. The van der Waals surface area contributed by atoms with Gasteiger partial charge >= 0.3 is 0 Å². The molecule has 0 fully saturated rings. The number of benzene rings is 1. The van der Waals surface area contributed by atoms with Crippen LogP contribution in [0.15, 0.2) is 24.3 Å². The quantitative estimate of drug-likeness (QED) is 0.806. The Morgan fingerprint density at radius 3 is 2.63 bits per heavy atom. The van der Waals surface area contributed by atoms with E-state index in [1.54, 1.807) is 0 Å². The molecule has 1 rings (SSSR count). The fourth-order valence-electron chi connectivity index (χ4n) is 2.01. The molecule has 1 unspecified atom stereocenters. The van der Waals surface area contributed by atoms with Gasteiger partial charge in [-0.1, -0.05) is 43.1 Å². The fourth-order valence-corrected chi connectivity index (χ4v) is 2.31. The first kappa shape index (κ1) is 16.0. The molecule has 0 radical (unpaired) electrons. The van der Waals surface area contributed by atoms with E-state index in [0.717, 1.165) is 23.4 Å². The number of halogens is 1. The zero-order valence-corrected chi connectivity index (χ0v) is 12.6. The highest BCUT2D eigenvalue weighted by Gasteiger charge is 2.11. The second kappa shape index (κ2) is 8.18. The highest BCUT2D eigenvalue weighted by molar-refractivity contribution is 6.31. The summed E-state index contributed by atoms with van der Waals surface area (Å²) < 4.78 is 0. The van der Waals surface area contributed by atoms with Crippen LogP contribution in [0.2, 0.25) is 5.02 Å². The van der Waals surface area contributed by atoms with Crippen LogP contribution in [0.4, 0.5) is 0 Å². The largest absolute Gasteiger partial charge is 0.353 e. The zero-order valence-electron chi connectivity index (χ0n) is 11.9. The maximum Gasteiger partial charge on any atom is 0.234 e. The Labute approximate surface area is 120 Å². The summed E-state index contributed by atoms with van der Waals surface area (Å²) >= 11 is 6.12. The average molecular weight is 283 g/mol. The van der Waals surface area contributed by atoms with Gasteiger partial charge in [-0.2, -0.15) is 0 Å². The first-order chi connectivity index (χ1) is 9.04. The number of amides is 1. The Morgan fingerprint density at radius 2 is 2.00 bits per heavy atom. The van der Waals surface area contributed by atoms with E-state index >= 15 is 0 Å². The molecule has 106 valence electrons. The summed E-state index contributed by atoms with van der Waals surface area (Å²) in [4.78, 5) is 11.7. The second-order valence-corrected chi connectivity index (χ2v) is 5.29. The lowest BCUT2D eigenvalue weighted by Crippen LogP contribution is -2.39. The lowest BCUT2D eigenvalue weighted by atomic mass is 10.1. The van der Waals surface area contributed by atoms with Gasteiger partial charge in [0.25, 0.3) is 0 Å². The van der Waals surface area contributed by atoms with E-state index in [4.69, 9.17) is 11.6 Å². The Hall–Kier alpha value is -1.06. The van der Waals surface area contributed by atoms with Crippen LogP contribution in [-0.4, -0.2) is 18.5 Å². The zero-order chi connectivity index (χ0) is 14.3. The van der Waals surface area contributed by atoms with Crippen molar-refractivity contribution in [1.82, 2.24) is 10.6 Å². The number of nitrogens with one attached hydrogen (secondary N) is 2. The summed E-state index contributed by atoms with van der Waals surface area (Å²) in [5.74, 6) is 0.0276. The van der Waals surface area contributed by atoms with Crippen LogP contribution in [0, 0.1) is 0 Å². The third kappa shape index (κ3) is 5.62. The van der Waals surface area contributed by atoms with Crippen LogP contribution >= 0.6 is 11.6 Å². The summed E-state index contributed by atoms with van der Waals surface area (Å²) in [6, 6.07) is 7.96. The predicted molar refractivity (Wildman–Crippen MR) is 80.4 cm³/mol. The van der Waals surface area contributed by atoms with Crippen molar-refractivity contribution in [2.75, 3.05) is 6.54 Å². The highest BCUT2D eigenvalue weighted by Crippen LogP contribution is 2.21. The molecule has 0 spiro atoms. The van der Waals surface area contributed by atoms with Crippen molar-refractivity contribution in [2.45, 2.75) is 45.7 Å². The Kier molecular flexibility index (Phi) is 6.89. The lowest BCUT2D eigenvalue weighted by Gasteiger charge is -2.17. The normalized spacial score (nSPS) is 13.9. The van der Waals surface area contributed by atoms with Gasteiger partial charge in [0.2, 0.25) is 5.91 Å². The molecule has 2 N–H and O–H groups in total. The summed E-state index contributed by atoms with van der Waals surface area (Å²) in [6.45, 7) is 6.45. The summed E-state index contributed by atoms with van der Waals surface area (Å²) in [6.07, 6.45) is 2.08. The molecule has 0 saturated heterocycles. The van der Waals surface area contributed by atoms with E-state index in [-0.39, 0.29) is 18.0 Å². The molecule has 0 aliphatic rings. The van der Waals surface area contributed by atoms with Crippen LogP contribution in [-0.2, 0) is 4.79 Å². The Morgan fingerprint density at radius 1 is 1.32 bits per heavy atom. The first-order valence-corrected chi connectivity index (χ1v) is 7.19. The van der Waals surface area contributed by atoms with E-state index in [9.17, 15) is 4.79 Å². The molecule has 0 aliphatic heterocycles. The average Bonchev–Trinajstić information content (AvgIpc) is 2.36. The number of rotatable bonds is 7. The van der Waals surface area contributed by atoms with Gasteiger partial charge in [-0.3, -0.25) is 4.79 Å². The minimum Gasteiger partial charge on any atom is -0.353 e. The molecule has 0 bridgehead atoms. The first-order valence-electron chi connectivity index (χ1n) is 6.81. The molecular weight excluding hydrogens is 260 g/mol. The molecule has 1 aromatic carbocycles. The molecular formula is C15H23ClN2O. The molecule has 0 heterocycles. The molecule has 1 aromatic rings. The van der Waals surface area contributed by atoms with Crippen molar-refractivity contribution >= 4 is 17.5 Å². The van der Waals surface area contributed by atoms with Gasteiger partial charge in [-0.25, -0.2) is 0 Å². The van der Waals surface area contributed by atoms with Gasteiger partial charge < -0.3 is 10.6 Å². The monoisotopic (exact) mass is 282 g/mol. The van der Waals surface area contributed by atoms with Gasteiger partial charge in [0.15, 0.2) is 0 Å². The highest BCUT2D eigenvalue weighted by atomic mass is 35.5. The van der Waals surface area contributed by atoms with Crippen LogP contribution in [0.25, 0.3) is 0 Å². The van der Waals surface area contributed by atoms with Gasteiger partial charge in [-0.05, 0) is 31.9 Å². The Bertz CT molecular complexity index is 409. The summed E-state index contributed by atoms with van der Waals surface area (Å²) in [5, 5.41) is 6.88. The maximum atomic E-state index is 11.7. The van der Waals surface area contributed by atoms with E-state index in [2.05, 4.69) is 17.6 Å². The fraction of sp³-hybridized carbons (Fsp3) is 0.533. The van der Waals surface area contributed by atoms with Crippen molar-refractivity contribution in [1.29, 1.82) is 0 Å². The van der Waals surface area contributed by atoms with Crippen molar-refractivity contribution in [3.05, 3.63) is 34.9 Å². The Balaban J connectivity index is 2.40. The third-order valence-corrected chi connectivity index (χ3v) is 3.41. The van der Waals surface area contributed by atoms with Crippen molar-refractivity contribution in [2.24, 2.45) is 0 Å². The molecule has 0 aromatic heterocycles. The smallest absolute Gasteiger partial charge is 0.234 e. The number of carbonyl (C=O) groups excluding carboxylic acids is 1. The molecule has 0 aliphatic carbocycles. The molecule has 4 heteroatoms. The van der Waals surface area contributed by atoms with Gasteiger partial charge in [0.05, 0.1) is 6.54 Å². The standard InChI is InChI=1S/C15H23ClN2O/c1-4-7-11(2)18-15(19)10-17-12(3)13-8-5-6-9-14(13)16/h5-6,8-9,11-12,17H,4,7,10H2,1-3H3,(H,18,19)/t11?,12-/m1/s1. The maximum absolute atomic E-state index is 11.7. The lowest BCUT2D eigenvalue weighted by molar-refractivity contribution is -0.121. The van der Waals surface area contributed by atoms with Crippen LogP contribution < -0.4 is 10.6 Å². The van der Waals surface area contributed by atoms with Gasteiger partial charge in [-0.15, -0.1) is 0 Å². The van der Waals surface area contributed by atoms with E-state index in [0.29, 0.717) is 6.54 Å². The molecule has 19 heavy (non-hydrogen) atoms. The topological polar surface area (TPSA) is 41.1 Å². The van der Waals surface area contributed by atoms with Crippen molar-refractivity contribution < 1.29 is 4.79 Å². The van der Waals surface area contributed by atoms with E-state index in [1.165, 1.54) is 0 Å². The van der Waals surface area contributed by atoms with Crippen LogP contribution in [0.5, 0.6) is 0 Å². The summed E-state index contributed by atoms with van der Waals surface area (Å²) in [5.41, 5.74) is 1.01. The van der Waals surface area contributed by atoms with Crippen molar-refractivity contribution in [3.63, 3.8) is 0 Å². The van der Waals surface area contributed by atoms with Crippen LogP contribution in [0.1, 0.15) is 45.2 Å². The molecule has 3 nitrogen and oxygen atoms in total. The number of hydrogen-bond acceptors (Lipinski definition) is 2. The number of hydrogen-bond donors (Lipinski definition) is 2. The molecule has 1 amide bonds. The van der Waals surface area contributed by atoms with Gasteiger partial charge in [0.1, 0.15) is 0 Å². The third-order valence-electron chi connectivity index (χ3n) is 3.07. The van der Waals surface area contributed by atoms with Crippen LogP contribution in [0.3, 0.4) is 0 Å². The van der Waals surface area contributed by atoms with Crippen molar-refractivity contribution in [3.8, 4) is 0 Å². The minimum absolute atomic E-state index is 0.0276. The molecule has 2 atom stereocenters. The van der Waals surface area contributed by atoms with E-state index < -0.39 is 0 Å². The van der Waals surface area contributed by atoms with Gasteiger partial charge in [0, 0.05) is 17.1 Å². The number of carbonyl (C=O) groups is 1. The predicted octanol–water partition coefficient (Wildman–Crippen LogP) is 3.30. The SMILES string of the molecule is CCCC(C)NC(=O)CN[C@H](C)c1ccccc1Cl.